The Labute approximate surface area is 123 Å². The molecule has 0 saturated heterocycles. The first kappa shape index (κ1) is 15.1. The smallest absolute Gasteiger partial charge is 0.543 e. The molecule has 0 aliphatic heterocycles. The molecule has 5 nitrogen and oxygen atoms in total. The largest absolute Gasteiger partial charge is 1.00 e. The third kappa shape index (κ3) is 3.27. The predicted octanol–water partition coefficient (Wildman–Crippen LogP) is -1.65. The van der Waals surface area contributed by atoms with E-state index < -0.39 is 16.3 Å². The summed E-state index contributed by atoms with van der Waals surface area (Å²) in [5.74, 6) is -1.69. The molecule has 2 aromatic rings. The molecule has 1 unspecified atom stereocenters. The van der Waals surface area contributed by atoms with Gasteiger partial charge in [0.2, 0.25) is 0 Å². The Morgan fingerprint density at radius 3 is 2.72 bits per heavy atom. The van der Waals surface area contributed by atoms with Gasteiger partial charge in [0, 0.05) is 14.5 Å². The molecule has 1 atom stereocenters. The van der Waals surface area contributed by atoms with E-state index >= 15 is 0 Å². The molecule has 0 amide bonds. The van der Waals surface area contributed by atoms with Gasteiger partial charge in [0.25, 0.3) is 0 Å². The summed E-state index contributed by atoms with van der Waals surface area (Å²) < 4.78 is 1.06. The van der Waals surface area contributed by atoms with Crippen molar-refractivity contribution < 1.29 is 33.7 Å². The van der Waals surface area contributed by atoms with Crippen LogP contribution in [-0.4, -0.2) is 16.3 Å². The maximum atomic E-state index is 10.6. The summed E-state index contributed by atoms with van der Waals surface area (Å²) in [6, 6.07) is 7.09. The van der Waals surface area contributed by atoms with Gasteiger partial charge in [0.1, 0.15) is 5.97 Å². The monoisotopic (exact) mass is 275 g/mol. The first-order valence-corrected chi connectivity index (χ1v) is 6.32. The van der Waals surface area contributed by atoms with Crippen LogP contribution in [0.2, 0.25) is 0 Å². The number of hydrogen-bond acceptors (Lipinski definition) is 6. The Bertz CT molecular complexity index is 572. The van der Waals surface area contributed by atoms with Crippen LogP contribution in [0, 0.1) is 10.1 Å². The van der Waals surface area contributed by atoms with Gasteiger partial charge in [0.05, 0.1) is 0 Å². The number of nitrogens with zero attached hydrogens (tertiary/aromatic N) is 1. The van der Waals surface area contributed by atoms with Gasteiger partial charge < -0.3 is 9.90 Å². The molecule has 0 aliphatic rings. The summed E-state index contributed by atoms with van der Waals surface area (Å²) in [7, 11) is 0. The molecule has 2 rings (SSSR count). The third-order valence-corrected chi connectivity index (χ3v) is 4.08. The summed E-state index contributed by atoms with van der Waals surface area (Å²) >= 11 is 2.22. The van der Waals surface area contributed by atoms with Crippen molar-refractivity contribution >= 4 is 39.2 Å². The van der Waals surface area contributed by atoms with E-state index in [0.29, 0.717) is 16.7 Å². The average molecular weight is 275 g/mol. The van der Waals surface area contributed by atoms with Gasteiger partial charge in [-0.1, -0.05) is 0 Å². The number of thioether (sulfide) groups is 1. The Morgan fingerprint density at radius 1 is 1.39 bits per heavy atom. The molecule has 0 bridgehead atoms. The summed E-state index contributed by atoms with van der Waals surface area (Å²) in [4.78, 5) is 20.8. The summed E-state index contributed by atoms with van der Waals surface area (Å²) in [6.07, 6.45) is 0. The molecule has 1 aromatic carbocycles. The van der Waals surface area contributed by atoms with Gasteiger partial charge in [-0.2, -0.15) is 0 Å². The van der Waals surface area contributed by atoms with E-state index in [1.54, 1.807) is 23.5 Å². The van der Waals surface area contributed by atoms with Crippen LogP contribution >= 0.6 is 23.1 Å². The molecule has 1 heterocycles. The van der Waals surface area contributed by atoms with Gasteiger partial charge in [-0.15, -0.1) is 11.3 Å². The minimum Gasteiger partial charge on any atom is -0.543 e. The Morgan fingerprint density at radius 2 is 2.11 bits per heavy atom. The minimum atomic E-state index is -1.77. The van der Waals surface area contributed by atoms with Crippen LogP contribution in [0.3, 0.4) is 0 Å². The van der Waals surface area contributed by atoms with Crippen molar-refractivity contribution in [3.63, 3.8) is 0 Å². The van der Waals surface area contributed by atoms with Gasteiger partial charge in [0.15, 0.2) is 0 Å². The van der Waals surface area contributed by atoms with Crippen LogP contribution in [0.4, 0.5) is 0 Å². The average Bonchev–Trinajstić information content (AvgIpc) is 2.71. The molecule has 0 radical (unpaired) electrons. The fourth-order valence-electron chi connectivity index (χ4n) is 1.32. The zero-order valence-corrected chi connectivity index (χ0v) is 11.0. The van der Waals surface area contributed by atoms with Crippen LogP contribution in [-0.2, 0) is 4.79 Å². The Hall–Kier alpha value is -1.00. The van der Waals surface area contributed by atoms with Gasteiger partial charge >= 0.3 is 24.2 Å². The number of carbonyl (C=O) groups excluding carboxylic acids is 1. The maximum absolute atomic E-state index is 10.6. The molecule has 0 aliphatic carbocycles. The van der Waals surface area contributed by atoms with Crippen molar-refractivity contribution in [2.45, 2.75) is 10.3 Å². The number of rotatable bonds is 4. The second kappa shape index (κ2) is 6.25. The van der Waals surface area contributed by atoms with Gasteiger partial charge in [-0.25, -0.2) is 0 Å². The molecular weight excluding hydrogens is 269 g/mol. The van der Waals surface area contributed by atoms with Crippen LogP contribution in [0.5, 0.6) is 0 Å². The number of hydrogen-bond donors (Lipinski definition) is 0. The van der Waals surface area contributed by atoms with Crippen molar-refractivity contribution in [3.8, 4) is 0 Å². The molecular formula is C10H6LiNO4S2. The topological polar surface area (TPSA) is 83.3 Å². The fourth-order valence-corrected chi connectivity index (χ4v) is 2.88. The van der Waals surface area contributed by atoms with E-state index in [9.17, 15) is 20.0 Å². The first-order chi connectivity index (χ1) is 8.08. The van der Waals surface area contributed by atoms with E-state index in [1.165, 1.54) is 0 Å². The quantitative estimate of drug-likeness (QED) is 0.219. The predicted molar refractivity (Wildman–Crippen MR) is 63.5 cm³/mol. The number of carboxylic acid groups (broad SMARTS) is 1. The van der Waals surface area contributed by atoms with Crippen LogP contribution in [0.1, 0.15) is 0 Å². The van der Waals surface area contributed by atoms with E-state index in [1.807, 2.05) is 17.5 Å². The fraction of sp³-hybridized carbons (Fsp3) is 0.100. The minimum absolute atomic E-state index is 0. The van der Waals surface area contributed by atoms with Crippen molar-refractivity contribution in [2.24, 2.45) is 0 Å². The first-order valence-electron chi connectivity index (χ1n) is 4.56. The van der Waals surface area contributed by atoms with Crippen molar-refractivity contribution in [3.05, 3.63) is 39.8 Å². The second-order valence-corrected chi connectivity index (χ2v) is 5.30. The zero-order chi connectivity index (χ0) is 12.4. The van der Waals surface area contributed by atoms with Crippen molar-refractivity contribution in [2.75, 3.05) is 0 Å². The third-order valence-electron chi connectivity index (χ3n) is 2.06. The number of nitro groups is 1. The summed E-state index contributed by atoms with van der Waals surface area (Å²) in [5, 5.41) is 22.2. The number of benzene rings is 1. The van der Waals surface area contributed by atoms with Gasteiger partial charge in [-0.05, 0) is 46.8 Å². The normalized spacial score (nSPS) is 11.8. The number of thiophene rings is 1. The summed E-state index contributed by atoms with van der Waals surface area (Å²) in [6.45, 7) is 0. The van der Waals surface area contributed by atoms with E-state index in [2.05, 4.69) is 0 Å². The number of aliphatic carboxylic acids is 1. The van der Waals surface area contributed by atoms with E-state index in [-0.39, 0.29) is 18.9 Å². The molecule has 18 heavy (non-hydrogen) atoms. The number of fused-ring (bicyclic) bond motifs is 1. The standard InChI is InChI=1S/C10H7NO4S2.Li/c12-10(13)9(11(14)15)17-7-1-2-8-6(5-7)3-4-16-8;/h1-5,9H,(H,12,13);/q;+1/p-1. The van der Waals surface area contributed by atoms with E-state index in [0.717, 1.165) is 10.1 Å². The molecule has 0 fully saturated rings. The van der Waals surface area contributed by atoms with Crippen LogP contribution < -0.4 is 24.0 Å². The Kier molecular flexibility index (Phi) is 5.23. The van der Waals surface area contributed by atoms with Crippen LogP contribution in [0.25, 0.3) is 10.1 Å². The van der Waals surface area contributed by atoms with Gasteiger partial charge in [-0.3, -0.25) is 10.1 Å². The number of carboxylic acids is 1. The van der Waals surface area contributed by atoms with Crippen LogP contribution in [0.15, 0.2) is 34.5 Å². The molecule has 88 valence electrons. The number of carbonyl (C=O) groups is 1. The van der Waals surface area contributed by atoms with E-state index in [4.69, 9.17) is 0 Å². The van der Waals surface area contributed by atoms with Crippen molar-refractivity contribution in [1.29, 1.82) is 0 Å². The zero-order valence-electron chi connectivity index (χ0n) is 9.36. The molecule has 8 heteroatoms. The molecule has 1 aromatic heterocycles. The SMILES string of the molecule is O=C([O-])C(Sc1ccc2sccc2c1)[N+](=O)[O-].[Li+]. The summed E-state index contributed by atoms with van der Waals surface area (Å²) in [5.41, 5.74) is 0. The molecule has 0 saturated carbocycles. The Balaban J connectivity index is 0.00000162. The molecule has 0 spiro atoms. The maximum Gasteiger partial charge on any atom is 1.00 e. The second-order valence-electron chi connectivity index (χ2n) is 3.19. The molecule has 0 N–H and O–H groups in total. The van der Waals surface area contributed by atoms with Crippen molar-refractivity contribution in [1.82, 2.24) is 0 Å².